The van der Waals surface area contributed by atoms with Gasteiger partial charge in [-0.25, -0.2) is 8.42 Å². The summed E-state index contributed by atoms with van der Waals surface area (Å²) in [7, 11) is -3.48. The number of hydrogen-bond acceptors (Lipinski definition) is 2. The summed E-state index contributed by atoms with van der Waals surface area (Å²) in [6, 6.07) is 10.7. The highest BCUT2D eigenvalue weighted by molar-refractivity contribution is 7.89. The average molecular weight is 324 g/mol. The van der Waals surface area contributed by atoms with Crippen LogP contribution in [0.3, 0.4) is 0 Å². The fourth-order valence-corrected chi connectivity index (χ4v) is 5.14. The summed E-state index contributed by atoms with van der Waals surface area (Å²) in [6.07, 6.45) is 2.94. The van der Waals surface area contributed by atoms with Crippen molar-refractivity contribution >= 4 is 32.4 Å². The summed E-state index contributed by atoms with van der Waals surface area (Å²) in [6.45, 7) is 2.58. The van der Waals surface area contributed by atoms with Gasteiger partial charge in [0, 0.05) is 28.4 Å². The van der Waals surface area contributed by atoms with Crippen LogP contribution < -0.4 is 0 Å². The third-order valence-electron chi connectivity index (χ3n) is 4.16. The lowest BCUT2D eigenvalue weighted by molar-refractivity contribution is 0.269. The highest BCUT2D eigenvalue weighted by Crippen LogP contribution is 2.33. The molecule has 0 aliphatic carbocycles. The van der Waals surface area contributed by atoms with Crippen LogP contribution in [0.1, 0.15) is 26.2 Å². The predicted molar refractivity (Wildman–Crippen MR) is 86.2 cm³/mol. The van der Waals surface area contributed by atoms with Crippen molar-refractivity contribution in [1.29, 1.82) is 0 Å². The number of sulfonamides is 1. The van der Waals surface area contributed by atoms with Gasteiger partial charge < -0.3 is 0 Å². The monoisotopic (exact) mass is 323 g/mol. The van der Waals surface area contributed by atoms with E-state index in [1.54, 1.807) is 16.4 Å². The van der Waals surface area contributed by atoms with E-state index < -0.39 is 10.0 Å². The zero-order valence-electron chi connectivity index (χ0n) is 11.9. The molecule has 1 aliphatic rings. The molecule has 1 unspecified atom stereocenters. The number of benzene rings is 2. The number of halogens is 1. The molecule has 1 fully saturated rings. The SMILES string of the molecule is CC1CCCCN1S(=O)(=O)c1ccc(Cl)c2ccccc12. The Morgan fingerprint density at radius 2 is 1.81 bits per heavy atom. The summed E-state index contributed by atoms with van der Waals surface area (Å²) < 4.78 is 27.6. The maximum absolute atomic E-state index is 13.0. The standard InChI is InChI=1S/C16H18ClNO2S/c1-12-6-4-5-11-18(12)21(19,20)16-10-9-15(17)13-7-2-3-8-14(13)16/h2-3,7-10,12H,4-6,11H2,1H3. The summed E-state index contributed by atoms with van der Waals surface area (Å²) >= 11 is 6.19. The van der Waals surface area contributed by atoms with E-state index >= 15 is 0 Å². The topological polar surface area (TPSA) is 37.4 Å². The van der Waals surface area contributed by atoms with Gasteiger partial charge in [0.05, 0.1) is 4.90 Å². The van der Waals surface area contributed by atoms with Crippen LogP contribution in [-0.2, 0) is 10.0 Å². The molecule has 0 spiro atoms. The smallest absolute Gasteiger partial charge is 0.207 e. The molecule has 2 aromatic rings. The van der Waals surface area contributed by atoms with E-state index in [0.29, 0.717) is 21.8 Å². The van der Waals surface area contributed by atoms with Crippen LogP contribution in [0.4, 0.5) is 0 Å². The average Bonchev–Trinajstić information content (AvgIpc) is 2.48. The Bertz CT molecular complexity index is 773. The van der Waals surface area contributed by atoms with Crippen molar-refractivity contribution in [2.45, 2.75) is 37.1 Å². The van der Waals surface area contributed by atoms with Crippen LogP contribution in [0.2, 0.25) is 5.02 Å². The van der Waals surface area contributed by atoms with Crippen LogP contribution in [0, 0.1) is 0 Å². The van der Waals surface area contributed by atoms with Crippen molar-refractivity contribution in [2.75, 3.05) is 6.54 Å². The molecule has 0 amide bonds. The zero-order chi connectivity index (χ0) is 15.0. The number of piperidine rings is 1. The van der Waals surface area contributed by atoms with Crippen molar-refractivity contribution < 1.29 is 8.42 Å². The van der Waals surface area contributed by atoms with E-state index in [9.17, 15) is 8.42 Å². The minimum absolute atomic E-state index is 0.0539. The van der Waals surface area contributed by atoms with Gasteiger partial charge in [0.15, 0.2) is 0 Å². The summed E-state index contributed by atoms with van der Waals surface area (Å²) in [5.74, 6) is 0. The van der Waals surface area contributed by atoms with Gasteiger partial charge >= 0.3 is 0 Å². The Labute approximate surface area is 130 Å². The molecule has 1 saturated heterocycles. The Balaban J connectivity index is 2.17. The first kappa shape index (κ1) is 14.8. The van der Waals surface area contributed by atoms with Gasteiger partial charge in [-0.2, -0.15) is 4.31 Å². The van der Waals surface area contributed by atoms with E-state index in [1.165, 1.54) is 0 Å². The first-order valence-corrected chi connectivity index (χ1v) is 9.03. The summed E-state index contributed by atoms with van der Waals surface area (Å²) in [5, 5.41) is 2.06. The van der Waals surface area contributed by atoms with Crippen molar-refractivity contribution in [3.8, 4) is 0 Å². The predicted octanol–water partition coefficient (Wildman–Crippen LogP) is 4.06. The normalized spacial score (nSPS) is 20.8. The minimum atomic E-state index is -3.48. The van der Waals surface area contributed by atoms with E-state index in [4.69, 9.17) is 11.6 Å². The molecule has 3 nitrogen and oxygen atoms in total. The van der Waals surface area contributed by atoms with Gasteiger partial charge in [-0.05, 0) is 31.9 Å². The maximum atomic E-state index is 13.0. The first-order chi connectivity index (χ1) is 10.0. The molecule has 0 bridgehead atoms. The van der Waals surface area contributed by atoms with Gasteiger partial charge in [-0.3, -0.25) is 0 Å². The Morgan fingerprint density at radius 3 is 2.52 bits per heavy atom. The molecule has 21 heavy (non-hydrogen) atoms. The van der Waals surface area contributed by atoms with Crippen LogP contribution in [0.15, 0.2) is 41.3 Å². The van der Waals surface area contributed by atoms with E-state index in [0.717, 1.165) is 24.6 Å². The zero-order valence-corrected chi connectivity index (χ0v) is 13.5. The molecule has 0 N–H and O–H groups in total. The molecule has 5 heteroatoms. The molecule has 3 rings (SSSR count). The fourth-order valence-electron chi connectivity index (χ4n) is 3.01. The Morgan fingerprint density at radius 1 is 1.10 bits per heavy atom. The lowest BCUT2D eigenvalue weighted by atomic mass is 10.1. The van der Waals surface area contributed by atoms with Crippen LogP contribution in [0.5, 0.6) is 0 Å². The second kappa shape index (κ2) is 5.59. The maximum Gasteiger partial charge on any atom is 0.243 e. The molecule has 0 saturated carbocycles. The van der Waals surface area contributed by atoms with Crippen molar-refractivity contribution in [3.63, 3.8) is 0 Å². The summed E-state index contributed by atoms with van der Waals surface area (Å²) in [5.41, 5.74) is 0. The fraction of sp³-hybridized carbons (Fsp3) is 0.375. The highest BCUT2D eigenvalue weighted by Gasteiger charge is 2.32. The number of nitrogens with zero attached hydrogens (tertiary/aromatic N) is 1. The third kappa shape index (κ3) is 2.56. The highest BCUT2D eigenvalue weighted by atomic mass is 35.5. The van der Waals surface area contributed by atoms with E-state index in [1.807, 2.05) is 31.2 Å². The van der Waals surface area contributed by atoms with Crippen molar-refractivity contribution in [3.05, 3.63) is 41.4 Å². The number of hydrogen-bond donors (Lipinski definition) is 0. The van der Waals surface area contributed by atoms with Crippen LogP contribution >= 0.6 is 11.6 Å². The quantitative estimate of drug-likeness (QED) is 0.836. The molecule has 112 valence electrons. The molecule has 1 atom stereocenters. The second-order valence-electron chi connectivity index (χ2n) is 5.55. The molecular formula is C16H18ClNO2S. The molecule has 2 aromatic carbocycles. The van der Waals surface area contributed by atoms with Gasteiger partial charge in [0.1, 0.15) is 0 Å². The van der Waals surface area contributed by atoms with E-state index in [-0.39, 0.29) is 6.04 Å². The van der Waals surface area contributed by atoms with Gasteiger partial charge in [-0.1, -0.05) is 42.3 Å². The first-order valence-electron chi connectivity index (χ1n) is 7.21. The molecule has 0 aromatic heterocycles. The van der Waals surface area contributed by atoms with Crippen molar-refractivity contribution in [1.82, 2.24) is 4.31 Å². The van der Waals surface area contributed by atoms with Gasteiger partial charge in [-0.15, -0.1) is 0 Å². The number of fused-ring (bicyclic) bond motifs is 1. The van der Waals surface area contributed by atoms with Gasteiger partial charge in [0.25, 0.3) is 0 Å². The third-order valence-corrected chi connectivity index (χ3v) is 6.56. The van der Waals surface area contributed by atoms with Gasteiger partial charge in [0.2, 0.25) is 10.0 Å². The van der Waals surface area contributed by atoms with E-state index in [2.05, 4.69) is 0 Å². The van der Waals surface area contributed by atoms with Crippen molar-refractivity contribution in [2.24, 2.45) is 0 Å². The largest absolute Gasteiger partial charge is 0.243 e. The van der Waals surface area contributed by atoms with Crippen LogP contribution in [-0.4, -0.2) is 25.3 Å². The minimum Gasteiger partial charge on any atom is -0.207 e. The molecular weight excluding hydrogens is 306 g/mol. The number of rotatable bonds is 2. The molecule has 1 heterocycles. The molecule has 0 radical (unpaired) electrons. The van der Waals surface area contributed by atoms with Crippen LogP contribution in [0.25, 0.3) is 10.8 Å². The Kier molecular flexibility index (Phi) is 3.95. The lowest BCUT2D eigenvalue weighted by Gasteiger charge is -2.32. The second-order valence-corrected chi connectivity index (χ2v) is 7.82. The lowest BCUT2D eigenvalue weighted by Crippen LogP contribution is -2.41. The summed E-state index contributed by atoms with van der Waals surface area (Å²) in [4.78, 5) is 0.358. The Hall–Kier alpha value is -1.10. The molecule has 1 aliphatic heterocycles.